The van der Waals surface area contributed by atoms with Crippen molar-refractivity contribution in [2.45, 2.75) is 20.0 Å². The van der Waals surface area contributed by atoms with Gasteiger partial charge in [-0.3, -0.25) is 0 Å². The average Bonchev–Trinajstić information content (AvgIpc) is 2.95. The van der Waals surface area contributed by atoms with Crippen LogP contribution >= 0.6 is 11.3 Å². The van der Waals surface area contributed by atoms with Gasteiger partial charge in [0.05, 0.1) is 0 Å². The van der Waals surface area contributed by atoms with Crippen LogP contribution in [0.2, 0.25) is 0 Å². The lowest BCUT2D eigenvalue weighted by molar-refractivity contribution is 0.128. The summed E-state index contributed by atoms with van der Waals surface area (Å²) in [6, 6.07) is 6.01. The second-order valence-corrected chi connectivity index (χ2v) is 5.49. The van der Waals surface area contributed by atoms with E-state index in [2.05, 4.69) is 32.4 Å². The number of ether oxygens (including phenoxy) is 1. The lowest BCUT2D eigenvalue weighted by atomic mass is 10.3. The van der Waals surface area contributed by atoms with Crippen molar-refractivity contribution in [3.05, 3.63) is 34.3 Å². The number of nitrogens with zero attached hydrogens (tertiary/aromatic N) is 3. The van der Waals surface area contributed by atoms with Crippen LogP contribution in [-0.4, -0.2) is 30.2 Å². The topological polar surface area (TPSA) is 64.3 Å². The molecule has 2 N–H and O–H groups in total. The monoisotopic (exact) mass is 292 g/mol. The molecule has 108 valence electrons. The van der Waals surface area contributed by atoms with Gasteiger partial charge in [-0.2, -0.15) is 0 Å². The maximum absolute atomic E-state index is 5.83. The summed E-state index contributed by atoms with van der Waals surface area (Å²) in [7, 11) is 2.01. The van der Waals surface area contributed by atoms with Crippen LogP contribution in [0.4, 0.5) is 11.6 Å². The van der Waals surface area contributed by atoms with Gasteiger partial charge >= 0.3 is 0 Å². The molecule has 20 heavy (non-hydrogen) atoms. The Bertz CT molecular complexity index is 530. The fourth-order valence-corrected chi connectivity index (χ4v) is 2.50. The third-order valence-corrected chi connectivity index (χ3v) is 3.82. The summed E-state index contributed by atoms with van der Waals surface area (Å²) in [4.78, 5) is 12.1. The molecule has 0 aromatic carbocycles. The zero-order chi connectivity index (χ0) is 14.4. The van der Waals surface area contributed by atoms with Crippen molar-refractivity contribution in [1.29, 1.82) is 0 Å². The standard InChI is InChI=1S/C14H20N4OS/c1-3-19-10-13-16-12(15)9-14(17-13)18(2)7-6-11-5-4-8-20-11/h4-5,8-9H,3,6-7,10H2,1-2H3,(H2,15,16,17). The van der Waals surface area contributed by atoms with Gasteiger partial charge in [-0.25, -0.2) is 9.97 Å². The second kappa shape index (κ2) is 7.21. The molecule has 0 saturated heterocycles. The molecule has 0 aliphatic rings. The summed E-state index contributed by atoms with van der Waals surface area (Å²) < 4.78 is 5.33. The zero-order valence-electron chi connectivity index (χ0n) is 11.9. The van der Waals surface area contributed by atoms with E-state index in [1.54, 1.807) is 17.4 Å². The Morgan fingerprint density at radius 2 is 2.25 bits per heavy atom. The molecule has 0 aliphatic carbocycles. The molecule has 2 aromatic rings. The summed E-state index contributed by atoms with van der Waals surface area (Å²) in [5, 5.41) is 2.10. The Labute approximate surface area is 123 Å². The predicted octanol–water partition coefficient (Wildman–Crippen LogP) is 2.34. The van der Waals surface area contributed by atoms with Gasteiger partial charge in [-0.15, -0.1) is 11.3 Å². The Morgan fingerprint density at radius 3 is 2.95 bits per heavy atom. The second-order valence-electron chi connectivity index (χ2n) is 4.46. The Hall–Kier alpha value is -1.66. The van der Waals surface area contributed by atoms with Gasteiger partial charge in [-0.1, -0.05) is 6.07 Å². The smallest absolute Gasteiger partial charge is 0.158 e. The van der Waals surface area contributed by atoms with Crippen LogP contribution in [0.15, 0.2) is 23.6 Å². The Kier molecular flexibility index (Phi) is 5.31. The molecule has 6 heteroatoms. The normalized spacial score (nSPS) is 10.7. The van der Waals surface area contributed by atoms with Crippen LogP contribution in [0, 0.1) is 0 Å². The first-order valence-corrected chi connectivity index (χ1v) is 7.51. The quantitative estimate of drug-likeness (QED) is 0.848. The lowest BCUT2D eigenvalue weighted by Crippen LogP contribution is -2.22. The highest BCUT2D eigenvalue weighted by Crippen LogP contribution is 2.15. The highest BCUT2D eigenvalue weighted by molar-refractivity contribution is 7.09. The first-order valence-electron chi connectivity index (χ1n) is 6.63. The average molecular weight is 292 g/mol. The van der Waals surface area contributed by atoms with Crippen LogP contribution < -0.4 is 10.6 Å². The first-order chi connectivity index (χ1) is 9.69. The summed E-state index contributed by atoms with van der Waals surface area (Å²) in [6.07, 6.45) is 0.999. The highest BCUT2D eigenvalue weighted by atomic mass is 32.1. The van der Waals surface area contributed by atoms with E-state index in [9.17, 15) is 0 Å². The minimum absolute atomic E-state index is 0.396. The lowest BCUT2D eigenvalue weighted by Gasteiger charge is -2.18. The summed E-state index contributed by atoms with van der Waals surface area (Å²) in [6.45, 7) is 3.88. The van der Waals surface area contributed by atoms with Gasteiger partial charge < -0.3 is 15.4 Å². The van der Waals surface area contributed by atoms with E-state index in [1.807, 2.05) is 14.0 Å². The van der Waals surface area contributed by atoms with Crippen LogP contribution in [0.5, 0.6) is 0 Å². The molecule has 0 aliphatic heterocycles. The predicted molar refractivity (Wildman–Crippen MR) is 83.1 cm³/mol. The first kappa shape index (κ1) is 14.7. The van der Waals surface area contributed by atoms with Crippen molar-refractivity contribution in [2.24, 2.45) is 0 Å². The number of hydrogen-bond acceptors (Lipinski definition) is 6. The van der Waals surface area contributed by atoms with Crippen LogP contribution in [-0.2, 0) is 17.8 Å². The molecule has 0 spiro atoms. The van der Waals surface area contributed by atoms with Gasteiger partial charge in [0.2, 0.25) is 0 Å². The van der Waals surface area contributed by atoms with Gasteiger partial charge in [0.15, 0.2) is 5.82 Å². The van der Waals surface area contributed by atoms with E-state index < -0.39 is 0 Å². The minimum Gasteiger partial charge on any atom is -0.384 e. The molecule has 0 radical (unpaired) electrons. The van der Waals surface area contributed by atoms with E-state index in [4.69, 9.17) is 10.5 Å². The third kappa shape index (κ3) is 4.18. The van der Waals surface area contributed by atoms with Crippen LogP contribution in [0.1, 0.15) is 17.6 Å². The Morgan fingerprint density at radius 1 is 1.40 bits per heavy atom. The van der Waals surface area contributed by atoms with Crippen molar-refractivity contribution >= 4 is 23.0 Å². The maximum atomic E-state index is 5.83. The summed E-state index contributed by atoms with van der Waals surface area (Å²) in [5.41, 5.74) is 5.83. The third-order valence-electron chi connectivity index (χ3n) is 2.88. The molecule has 0 atom stereocenters. The number of anilines is 2. The number of rotatable bonds is 7. The maximum Gasteiger partial charge on any atom is 0.158 e. The molecule has 5 nitrogen and oxygen atoms in total. The highest BCUT2D eigenvalue weighted by Gasteiger charge is 2.08. The number of nitrogen functional groups attached to an aromatic ring is 1. The van der Waals surface area contributed by atoms with Crippen LogP contribution in [0.25, 0.3) is 0 Å². The van der Waals surface area contributed by atoms with Crippen molar-refractivity contribution in [3.63, 3.8) is 0 Å². The van der Waals surface area contributed by atoms with E-state index in [0.29, 0.717) is 24.9 Å². The molecule has 0 amide bonds. The molecular formula is C14H20N4OS. The summed E-state index contributed by atoms with van der Waals surface area (Å²) in [5.74, 6) is 1.95. The van der Waals surface area contributed by atoms with Crippen molar-refractivity contribution in [2.75, 3.05) is 30.8 Å². The minimum atomic E-state index is 0.396. The van der Waals surface area contributed by atoms with Crippen LogP contribution in [0.3, 0.4) is 0 Å². The van der Waals surface area contributed by atoms with E-state index >= 15 is 0 Å². The molecule has 0 saturated carbocycles. The molecular weight excluding hydrogens is 272 g/mol. The van der Waals surface area contributed by atoms with Gasteiger partial charge in [-0.05, 0) is 24.8 Å². The van der Waals surface area contributed by atoms with E-state index in [1.165, 1.54) is 4.88 Å². The van der Waals surface area contributed by atoms with Gasteiger partial charge in [0.25, 0.3) is 0 Å². The number of aromatic nitrogens is 2. The Balaban J connectivity index is 2.00. The zero-order valence-corrected chi connectivity index (χ0v) is 12.7. The van der Waals surface area contributed by atoms with Crippen molar-refractivity contribution in [1.82, 2.24) is 9.97 Å². The molecule has 0 unspecified atom stereocenters. The fourth-order valence-electron chi connectivity index (χ4n) is 1.80. The molecule has 0 bridgehead atoms. The van der Waals surface area contributed by atoms with Crippen molar-refractivity contribution < 1.29 is 4.74 Å². The number of nitrogens with two attached hydrogens (primary N) is 1. The van der Waals surface area contributed by atoms with Gasteiger partial charge in [0.1, 0.15) is 18.2 Å². The summed E-state index contributed by atoms with van der Waals surface area (Å²) >= 11 is 1.77. The van der Waals surface area contributed by atoms with Gasteiger partial charge in [0, 0.05) is 31.1 Å². The molecule has 2 aromatic heterocycles. The van der Waals surface area contributed by atoms with Crippen molar-refractivity contribution in [3.8, 4) is 0 Å². The number of hydrogen-bond donors (Lipinski definition) is 1. The number of likely N-dealkylation sites (N-methyl/N-ethyl adjacent to an activating group) is 1. The molecule has 0 fully saturated rings. The largest absolute Gasteiger partial charge is 0.384 e. The molecule has 2 heterocycles. The SMILES string of the molecule is CCOCc1nc(N)cc(N(C)CCc2cccs2)n1. The van der Waals surface area contributed by atoms with E-state index in [-0.39, 0.29) is 0 Å². The molecule has 2 rings (SSSR count). The van der Waals surface area contributed by atoms with E-state index in [0.717, 1.165) is 18.8 Å². The fraction of sp³-hybridized carbons (Fsp3) is 0.429. The number of thiophene rings is 1.